The molecule has 2 N–H and O–H groups in total. The van der Waals surface area contributed by atoms with E-state index >= 15 is 0 Å². The van der Waals surface area contributed by atoms with Gasteiger partial charge in [0.1, 0.15) is 0 Å². The Balaban J connectivity index is 1.92. The van der Waals surface area contributed by atoms with Gasteiger partial charge in [-0.3, -0.25) is 4.79 Å². The van der Waals surface area contributed by atoms with Crippen LogP contribution in [0.15, 0.2) is 35.0 Å². The molecule has 0 spiro atoms. The summed E-state index contributed by atoms with van der Waals surface area (Å²) in [6.45, 7) is 0.569. The Bertz CT molecular complexity index is 614. The molecule has 0 saturated heterocycles. The summed E-state index contributed by atoms with van der Waals surface area (Å²) in [6, 6.07) is 5.75. The zero-order valence-corrected chi connectivity index (χ0v) is 12.2. The first-order valence-electron chi connectivity index (χ1n) is 5.96. The van der Waals surface area contributed by atoms with Crippen LogP contribution in [0, 0.1) is 0 Å². The van der Waals surface area contributed by atoms with E-state index in [1.165, 1.54) is 22.3 Å². The van der Waals surface area contributed by atoms with Crippen LogP contribution in [0.5, 0.6) is 0 Å². The molecule has 2 aromatic rings. The molecule has 0 aliphatic heterocycles. The van der Waals surface area contributed by atoms with E-state index in [1.807, 2.05) is 17.5 Å². The number of aliphatic carboxylic acids is 1. The smallest absolute Gasteiger partial charge is 0.328 e. The van der Waals surface area contributed by atoms with Crippen LogP contribution in [-0.4, -0.2) is 23.5 Å². The standard InChI is InChI=1S/C14H13NO3S2/c16-12(17)4-3-10-6-9-20-13(10)14(18)15-7-5-11-2-1-8-19-11/h1-4,6,8-9H,5,7H2,(H,15,18)(H,16,17). The van der Waals surface area contributed by atoms with E-state index in [4.69, 9.17) is 5.11 Å². The summed E-state index contributed by atoms with van der Waals surface area (Å²) in [5.41, 5.74) is 0.631. The Morgan fingerprint density at radius 2 is 2.10 bits per heavy atom. The van der Waals surface area contributed by atoms with Crippen molar-refractivity contribution >= 4 is 40.6 Å². The fourth-order valence-corrected chi connectivity index (χ4v) is 3.14. The fraction of sp³-hybridized carbons (Fsp3) is 0.143. The highest BCUT2D eigenvalue weighted by atomic mass is 32.1. The number of thiophene rings is 2. The molecule has 0 saturated carbocycles. The van der Waals surface area contributed by atoms with Gasteiger partial charge in [0.15, 0.2) is 0 Å². The Morgan fingerprint density at radius 1 is 1.25 bits per heavy atom. The van der Waals surface area contributed by atoms with Crippen molar-refractivity contribution in [3.8, 4) is 0 Å². The van der Waals surface area contributed by atoms with E-state index in [-0.39, 0.29) is 5.91 Å². The van der Waals surface area contributed by atoms with Crippen molar-refractivity contribution in [2.75, 3.05) is 6.54 Å². The molecule has 2 rings (SSSR count). The molecule has 20 heavy (non-hydrogen) atoms. The van der Waals surface area contributed by atoms with Gasteiger partial charge < -0.3 is 10.4 Å². The van der Waals surface area contributed by atoms with Gasteiger partial charge in [-0.2, -0.15) is 0 Å². The lowest BCUT2D eigenvalue weighted by atomic mass is 10.2. The predicted molar refractivity (Wildman–Crippen MR) is 81.3 cm³/mol. The predicted octanol–water partition coefficient (Wildman–Crippen LogP) is 2.88. The first kappa shape index (κ1) is 14.5. The molecular formula is C14H13NO3S2. The van der Waals surface area contributed by atoms with Gasteiger partial charge in [0.05, 0.1) is 4.88 Å². The number of carboxylic acids is 1. The number of carbonyl (C=O) groups is 2. The molecule has 0 atom stereocenters. The molecular weight excluding hydrogens is 294 g/mol. The van der Waals surface area contributed by atoms with Crippen molar-refractivity contribution < 1.29 is 14.7 Å². The van der Waals surface area contributed by atoms with Gasteiger partial charge in [0, 0.05) is 17.5 Å². The molecule has 6 heteroatoms. The summed E-state index contributed by atoms with van der Waals surface area (Å²) in [7, 11) is 0. The van der Waals surface area contributed by atoms with Crippen LogP contribution < -0.4 is 5.32 Å². The van der Waals surface area contributed by atoms with Gasteiger partial charge in [-0.1, -0.05) is 6.07 Å². The Kier molecular flexibility index (Phi) is 5.09. The maximum atomic E-state index is 12.0. The summed E-state index contributed by atoms with van der Waals surface area (Å²) >= 11 is 2.97. The molecule has 1 amide bonds. The highest BCUT2D eigenvalue weighted by molar-refractivity contribution is 7.12. The Labute approximate surface area is 124 Å². The zero-order valence-electron chi connectivity index (χ0n) is 10.5. The second-order valence-electron chi connectivity index (χ2n) is 3.96. The minimum absolute atomic E-state index is 0.165. The maximum Gasteiger partial charge on any atom is 0.328 e. The lowest BCUT2D eigenvalue weighted by Crippen LogP contribution is -2.25. The van der Waals surface area contributed by atoms with Gasteiger partial charge in [-0.25, -0.2) is 4.79 Å². The van der Waals surface area contributed by atoms with Crippen molar-refractivity contribution in [1.82, 2.24) is 5.32 Å². The highest BCUT2D eigenvalue weighted by Crippen LogP contribution is 2.18. The van der Waals surface area contributed by atoms with E-state index in [0.717, 1.165) is 12.5 Å². The molecule has 0 unspecified atom stereocenters. The zero-order chi connectivity index (χ0) is 14.4. The number of carbonyl (C=O) groups excluding carboxylic acids is 1. The lowest BCUT2D eigenvalue weighted by Gasteiger charge is -2.03. The van der Waals surface area contributed by atoms with Crippen molar-refractivity contribution in [1.29, 1.82) is 0 Å². The minimum Gasteiger partial charge on any atom is -0.478 e. The second-order valence-corrected chi connectivity index (χ2v) is 5.91. The molecule has 0 aliphatic carbocycles. The maximum absolute atomic E-state index is 12.0. The summed E-state index contributed by atoms with van der Waals surface area (Å²) in [5, 5.41) is 15.2. The topological polar surface area (TPSA) is 66.4 Å². The molecule has 4 nitrogen and oxygen atoms in total. The lowest BCUT2D eigenvalue weighted by molar-refractivity contribution is -0.131. The summed E-state index contributed by atoms with van der Waals surface area (Å²) in [5.74, 6) is -1.19. The molecule has 0 bridgehead atoms. The van der Waals surface area contributed by atoms with Crippen molar-refractivity contribution in [2.45, 2.75) is 6.42 Å². The number of nitrogens with one attached hydrogen (secondary N) is 1. The average Bonchev–Trinajstić information content (AvgIpc) is 3.07. The fourth-order valence-electron chi connectivity index (χ4n) is 1.63. The van der Waals surface area contributed by atoms with Crippen LogP contribution in [0.4, 0.5) is 0 Å². The number of carboxylic acid groups (broad SMARTS) is 1. The van der Waals surface area contributed by atoms with Gasteiger partial charge in [0.25, 0.3) is 5.91 Å². The van der Waals surface area contributed by atoms with Gasteiger partial charge in [-0.05, 0) is 41.0 Å². The van der Waals surface area contributed by atoms with Crippen LogP contribution in [-0.2, 0) is 11.2 Å². The summed E-state index contributed by atoms with van der Waals surface area (Å²) < 4.78 is 0. The van der Waals surface area contributed by atoms with Gasteiger partial charge in [-0.15, -0.1) is 22.7 Å². The van der Waals surface area contributed by atoms with Crippen LogP contribution in [0.2, 0.25) is 0 Å². The largest absolute Gasteiger partial charge is 0.478 e. The first-order chi connectivity index (χ1) is 9.66. The number of hydrogen-bond donors (Lipinski definition) is 2. The summed E-state index contributed by atoms with van der Waals surface area (Å²) in [6.07, 6.45) is 3.27. The van der Waals surface area contributed by atoms with E-state index in [0.29, 0.717) is 17.0 Å². The van der Waals surface area contributed by atoms with E-state index in [1.54, 1.807) is 22.8 Å². The van der Waals surface area contributed by atoms with Crippen molar-refractivity contribution in [3.63, 3.8) is 0 Å². The summed E-state index contributed by atoms with van der Waals surface area (Å²) in [4.78, 5) is 24.3. The normalized spacial score (nSPS) is 10.8. The third-order valence-electron chi connectivity index (χ3n) is 2.54. The molecule has 0 radical (unpaired) electrons. The quantitative estimate of drug-likeness (QED) is 0.806. The third-order valence-corrected chi connectivity index (χ3v) is 4.41. The monoisotopic (exact) mass is 307 g/mol. The SMILES string of the molecule is O=C(O)C=Cc1ccsc1C(=O)NCCc1cccs1. The molecule has 0 aromatic carbocycles. The first-order valence-corrected chi connectivity index (χ1v) is 7.72. The van der Waals surface area contributed by atoms with E-state index in [9.17, 15) is 9.59 Å². The van der Waals surface area contributed by atoms with Crippen molar-refractivity contribution in [2.24, 2.45) is 0 Å². The number of amides is 1. The van der Waals surface area contributed by atoms with Crippen LogP contribution >= 0.6 is 22.7 Å². The Morgan fingerprint density at radius 3 is 2.80 bits per heavy atom. The Hall–Kier alpha value is -1.92. The molecule has 2 heterocycles. The average molecular weight is 307 g/mol. The van der Waals surface area contributed by atoms with Gasteiger partial charge in [0.2, 0.25) is 0 Å². The van der Waals surface area contributed by atoms with E-state index < -0.39 is 5.97 Å². The molecule has 104 valence electrons. The molecule has 0 fully saturated rings. The molecule has 0 aliphatic rings. The molecule has 2 aromatic heterocycles. The highest BCUT2D eigenvalue weighted by Gasteiger charge is 2.11. The van der Waals surface area contributed by atoms with Crippen LogP contribution in [0.3, 0.4) is 0 Å². The van der Waals surface area contributed by atoms with E-state index in [2.05, 4.69) is 5.32 Å². The minimum atomic E-state index is -1.03. The second kappa shape index (κ2) is 7.02. The number of hydrogen-bond acceptors (Lipinski definition) is 4. The number of rotatable bonds is 6. The van der Waals surface area contributed by atoms with Crippen LogP contribution in [0.1, 0.15) is 20.1 Å². The van der Waals surface area contributed by atoms with Crippen molar-refractivity contribution in [3.05, 3.63) is 50.4 Å². The third kappa shape index (κ3) is 4.04. The van der Waals surface area contributed by atoms with Gasteiger partial charge >= 0.3 is 5.97 Å². The van der Waals surface area contributed by atoms with Crippen LogP contribution in [0.25, 0.3) is 6.08 Å².